The fourth-order valence-electron chi connectivity index (χ4n) is 2.95. The Bertz CT molecular complexity index is 553. The first-order valence-corrected chi connectivity index (χ1v) is 7.06. The number of piperidine rings is 1. The fraction of sp³-hybridized carbons (Fsp3) is 0.467. The van der Waals surface area contributed by atoms with Gasteiger partial charge in [0.15, 0.2) is 0 Å². The van der Waals surface area contributed by atoms with Crippen molar-refractivity contribution in [1.29, 1.82) is 0 Å². The number of hydrogen-bond donors (Lipinski definition) is 1. The van der Waals surface area contributed by atoms with Gasteiger partial charge in [-0.3, -0.25) is 14.5 Å². The van der Waals surface area contributed by atoms with Crippen LogP contribution in [0.5, 0.6) is 0 Å². The third kappa shape index (κ3) is 2.22. The van der Waals surface area contributed by atoms with Crippen LogP contribution >= 0.6 is 0 Å². The van der Waals surface area contributed by atoms with E-state index in [-0.39, 0.29) is 17.0 Å². The van der Waals surface area contributed by atoms with Crippen LogP contribution in [0.4, 0.5) is 4.39 Å². The molecule has 0 radical (unpaired) electrons. The van der Waals surface area contributed by atoms with Gasteiger partial charge in [-0.25, -0.2) is 4.39 Å². The van der Waals surface area contributed by atoms with Crippen molar-refractivity contribution < 1.29 is 14.0 Å². The van der Waals surface area contributed by atoms with E-state index in [9.17, 15) is 14.0 Å². The van der Waals surface area contributed by atoms with Crippen LogP contribution in [0.1, 0.15) is 46.4 Å². The zero-order chi connectivity index (χ0) is 14.1. The first kappa shape index (κ1) is 13.2. The summed E-state index contributed by atoms with van der Waals surface area (Å²) in [5.41, 5.74) is 0.112. The highest BCUT2D eigenvalue weighted by Gasteiger charge is 2.37. The van der Waals surface area contributed by atoms with E-state index in [2.05, 4.69) is 5.32 Å². The number of fused-ring (bicyclic) bond motifs is 1. The molecule has 0 bridgehead atoms. The molecule has 20 heavy (non-hydrogen) atoms. The van der Waals surface area contributed by atoms with Crippen molar-refractivity contribution in [3.8, 4) is 0 Å². The van der Waals surface area contributed by atoms with E-state index in [1.165, 1.54) is 35.9 Å². The van der Waals surface area contributed by atoms with Crippen LogP contribution in [0.25, 0.3) is 0 Å². The highest BCUT2D eigenvalue weighted by atomic mass is 19.1. The molecule has 0 saturated carbocycles. The number of halogens is 1. The Hall–Kier alpha value is -1.75. The quantitative estimate of drug-likeness (QED) is 0.859. The predicted octanol–water partition coefficient (Wildman–Crippen LogP) is 1.95. The Balaban J connectivity index is 1.71. The zero-order valence-electron chi connectivity index (χ0n) is 11.2. The van der Waals surface area contributed by atoms with Crippen LogP contribution in [0, 0.1) is 5.82 Å². The molecule has 1 atom stereocenters. The van der Waals surface area contributed by atoms with Crippen molar-refractivity contribution in [2.24, 2.45) is 0 Å². The van der Waals surface area contributed by atoms with E-state index < -0.39 is 11.7 Å². The van der Waals surface area contributed by atoms with Crippen LogP contribution in [-0.4, -0.2) is 35.8 Å². The Morgan fingerprint density at radius 3 is 2.80 bits per heavy atom. The largest absolute Gasteiger partial charge is 0.314 e. The first-order chi connectivity index (χ1) is 9.68. The lowest BCUT2D eigenvalue weighted by atomic mass is 10.0. The van der Waals surface area contributed by atoms with E-state index in [4.69, 9.17) is 0 Å². The lowest BCUT2D eigenvalue weighted by Crippen LogP contribution is -2.39. The molecule has 1 saturated heterocycles. The minimum atomic E-state index is -0.612. The lowest BCUT2D eigenvalue weighted by molar-refractivity contribution is 0.0645. The van der Waals surface area contributed by atoms with Crippen LogP contribution in [0.2, 0.25) is 0 Å². The molecule has 1 aromatic carbocycles. The molecule has 106 valence electrons. The third-order valence-electron chi connectivity index (χ3n) is 4.06. The van der Waals surface area contributed by atoms with Crippen LogP contribution < -0.4 is 5.32 Å². The van der Waals surface area contributed by atoms with E-state index >= 15 is 0 Å². The fourth-order valence-corrected chi connectivity index (χ4v) is 2.95. The Morgan fingerprint density at radius 2 is 2.10 bits per heavy atom. The van der Waals surface area contributed by atoms with E-state index in [0.29, 0.717) is 12.6 Å². The zero-order valence-corrected chi connectivity index (χ0v) is 11.2. The number of benzene rings is 1. The summed E-state index contributed by atoms with van der Waals surface area (Å²) in [5.74, 6) is -1.49. The molecule has 2 aliphatic rings. The van der Waals surface area contributed by atoms with E-state index in [1.54, 1.807) is 0 Å². The van der Waals surface area contributed by atoms with Crippen molar-refractivity contribution in [3.63, 3.8) is 0 Å². The van der Waals surface area contributed by atoms with Gasteiger partial charge in [0.05, 0.1) is 11.1 Å². The maximum Gasteiger partial charge on any atom is 0.264 e. The van der Waals surface area contributed by atoms with Gasteiger partial charge in [-0.15, -0.1) is 0 Å². The highest BCUT2D eigenvalue weighted by Crippen LogP contribution is 2.25. The number of nitrogens with zero attached hydrogens (tertiary/aromatic N) is 1. The summed E-state index contributed by atoms with van der Waals surface area (Å²) in [6.07, 6.45) is 4.15. The lowest BCUT2D eigenvalue weighted by Gasteiger charge is -2.25. The Kier molecular flexibility index (Phi) is 3.53. The predicted molar refractivity (Wildman–Crippen MR) is 72.0 cm³/mol. The number of rotatable bonds is 3. The van der Waals surface area contributed by atoms with Crippen LogP contribution in [0.15, 0.2) is 18.2 Å². The number of carbonyl (C=O) groups is 2. The van der Waals surface area contributed by atoms with Gasteiger partial charge in [0.2, 0.25) is 0 Å². The molecule has 1 aromatic rings. The second-order valence-electron chi connectivity index (χ2n) is 5.36. The maximum atomic E-state index is 13.7. The summed E-state index contributed by atoms with van der Waals surface area (Å²) in [6.45, 7) is 1.34. The second kappa shape index (κ2) is 5.32. The van der Waals surface area contributed by atoms with Gasteiger partial charge < -0.3 is 5.32 Å². The summed E-state index contributed by atoms with van der Waals surface area (Å²) < 4.78 is 13.7. The van der Waals surface area contributed by atoms with Gasteiger partial charge in [0.1, 0.15) is 5.82 Å². The number of nitrogens with one attached hydrogen (secondary N) is 1. The number of amides is 2. The van der Waals surface area contributed by atoms with Crippen LogP contribution in [0.3, 0.4) is 0 Å². The molecule has 1 fully saturated rings. The Morgan fingerprint density at radius 1 is 1.25 bits per heavy atom. The second-order valence-corrected chi connectivity index (χ2v) is 5.36. The molecule has 0 aromatic heterocycles. The molecule has 1 N–H and O–H groups in total. The summed E-state index contributed by atoms with van der Waals surface area (Å²) in [5, 5.41) is 3.38. The molecule has 2 amide bonds. The van der Waals surface area contributed by atoms with Gasteiger partial charge in [0.25, 0.3) is 11.8 Å². The van der Waals surface area contributed by atoms with Gasteiger partial charge in [-0.2, -0.15) is 0 Å². The van der Waals surface area contributed by atoms with Crippen LogP contribution in [-0.2, 0) is 0 Å². The van der Waals surface area contributed by atoms with Crippen molar-refractivity contribution in [2.45, 2.75) is 31.7 Å². The average Bonchev–Trinajstić information content (AvgIpc) is 2.71. The molecule has 3 rings (SSSR count). The van der Waals surface area contributed by atoms with Gasteiger partial charge in [-0.1, -0.05) is 12.5 Å². The molecule has 4 nitrogen and oxygen atoms in total. The minimum Gasteiger partial charge on any atom is -0.314 e. The van der Waals surface area contributed by atoms with Crippen molar-refractivity contribution >= 4 is 11.8 Å². The standard InChI is InChI=1S/C15H17FN2O2/c16-12-6-3-5-11-13(12)15(20)18(14(11)19)9-7-10-4-1-2-8-17-10/h3,5-6,10,17H,1-2,4,7-9H2. The molecule has 2 aliphatic heterocycles. The minimum absolute atomic E-state index is 0.0749. The molecular weight excluding hydrogens is 259 g/mol. The normalized spacial score (nSPS) is 22.2. The molecule has 0 spiro atoms. The molecule has 1 unspecified atom stereocenters. The van der Waals surface area contributed by atoms with E-state index in [1.807, 2.05) is 0 Å². The van der Waals surface area contributed by atoms with Crippen molar-refractivity contribution in [2.75, 3.05) is 13.1 Å². The SMILES string of the molecule is O=C1c2cccc(F)c2C(=O)N1CCC1CCCCN1. The van der Waals surface area contributed by atoms with Gasteiger partial charge >= 0.3 is 0 Å². The smallest absolute Gasteiger partial charge is 0.264 e. The summed E-state index contributed by atoms with van der Waals surface area (Å²) in [7, 11) is 0. The monoisotopic (exact) mass is 276 g/mol. The molecular formula is C15H17FN2O2. The van der Waals surface area contributed by atoms with E-state index in [0.717, 1.165) is 19.4 Å². The van der Waals surface area contributed by atoms with Crippen molar-refractivity contribution in [3.05, 3.63) is 35.1 Å². The summed E-state index contributed by atoms with van der Waals surface area (Å²) in [6, 6.07) is 4.54. The first-order valence-electron chi connectivity index (χ1n) is 7.06. The topological polar surface area (TPSA) is 49.4 Å². The van der Waals surface area contributed by atoms with Gasteiger partial charge in [-0.05, 0) is 37.9 Å². The number of carbonyl (C=O) groups excluding carboxylic acids is 2. The molecule has 2 heterocycles. The maximum absolute atomic E-state index is 13.7. The summed E-state index contributed by atoms with van der Waals surface area (Å²) >= 11 is 0. The average molecular weight is 276 g/mol. The summed E-state index contributed by atoms with van der Waals surface area (Å²) in [4.78, 5) is 25.5. The highest BCUT2D eigenvalue weighted by molar-refractivity contribution is 6.21. The molecule has 5 heteroatoms. The number of hydrogen-bond acceptors (Lipinski definition) is 3. The third-order valence-corrected chi connectivity index (χ3v) is 4.06. The van der Waals surface area contributed by atoms with Crippen molar-refractivity contribution in [1.82, 2.24) is 10.2 Å². The number of imide groups is 1. The Labute approximate surface area is 117 Å². The van der Waals surface area contributed by atoms with Gasteiger partial charge in [0, 0.05) is 12.6 Å². The molecule has 0 aliphatic carbocycles.